The van der Waals surface area contributed by atoms with Crippen molar-refractivity contribution in [2.75, 3.05) is 24.9 Å². The Bertz CT molecular complexity index is 916. The predicted octanol–water partition coefficient (Wildman–Crippen LogP) is 2.91. The Morgan fingerprint density at radius 1 is 0.885 bits per heavy atom. The van der Waals surface area contributed by atoms with Gasteiger partial charge < -0.3 is 18.9 Å². The standard InChI is InChI=1S/C18H13F2NO5/c19-18(20)16(10-1-3-13-14(7-10)26-9-25-13)21(17(18)22)11-2-4-12-15(8-11)24-6-5-23-12/h1-4,7-8,16H,5-6,9H2. The molecule has 3 heterocycles. The van der Waals surface area contributed by atoms with E-state index in [1.807, 2.05) is 0 Å². The van der Waals surface area contributed by atoms with Crippen LogP contribution in [0.2, 0.25) is 0 Å². The first-order chi connectivity index (χ1) is 12.6. The van der Waals surface area contributed by atoms with E-state index in [4.69, 9.17) is 18.9 Å². The van der Waals surface area contributed by atoms with E-state index in [1.54, 1.807) is 24.3 Å². The summed E-state index contributed by atoms with van der Waals surface area (Å²) >= 11 is 0. The lowest BCUT2D eigenvalue weighted by molar-refractivity contribution is -0.162. The lowest BCUT2D eigenvalue weighted by atomic mass is 9.88. The van der Waals surface area contributed by atoms with E-state index in [-0.39, 0.29) is 12.4 Å². The highest BCUT2D eigenvalue weighted by Crippen LogP contribution is 2.52. The highest BCUT2D eigenvalue weighted by atomic mass is 19.3. The molecule has 2 aromatic rings. The number of ether oxygens (including phenoxy) is 4. The van der Waals surface area contributed by atoms with Crippen LogP contribution in [0.1, 0.15) is 11.6 Å². The average molecular weight is 361 g/mol. The van der Waals surface area contributed by atoms with Crippen LogP contribution in [0.4, 0.5) is 14.5 Å². The molecule has 2 aromatic carbocycles. The van der Waals surface area contributed by atoms with Gasteiger partial charge in [0, 0.05) is 11.8 Å². The molecule has 26 heavy (non-hydrogen) atoms. The average Bonchev–Trinajstić information content (AvgIpc) is 3.12. The molecule has 0 radical (unpaired) electrons. The highest BCUT2D eigenvalue weighted by molar-refractivity contribution is 6.07. The van der Waals surface area contributed by atoms with Crippen molar-refractivity contribution in [2.24, 2.45) is 0 Å². The molecule has 1 atom stereocenters. The molecule has 0 aliphatic carbocycles. The van der Waals surface area contributed by atoms with Gasteiger partial charge in [-0.15, -0.1) is 0 Å². The number of fused-ring (bicyclic) bond motifs is 2. The third-order valence-corrected chi connectivity index (χ3v) is 4.62. The van der Waals surface area contributed by atoms with Gasteiger partial charge in [-0.05, 0) is 29.8 Å². The third kappa shape index (κ3) is 2.04. The summed E-state index contributed by atoms with van der Waals surface area (Å²) in [5, 5.41) is 0. The summed E-state index contributed by atoms with van der Waals surface area (Å²) in [5.74, 6) is -2.91. The quantitative estimate of drug-likeness (QED) is 0.770. The number of halogens is 2. The number of nitrogens with zero attached hydrogens (tertiary/aromatic N) is 1. The van der Waals surface area contributed by atoms with E-state index in [0.717, 1.165) is 4.90 Å². The fourth-order valence-corrected chi connectivity index (χ4v) is 3.38. The van der Waals surface area contributed by atoms with E-state index >= 15 is 0 Å². The Balaban J connectivity index is 1.54. The SMILES string of the molecule is O=C1N(c2ccc3c(c2)OCCO3)C(c2ccc3c(c2)OCO3)C1(F)F. The fourth-order valence-electron chi connectivity index (χ4n) is 3.38. The van der Waals surface area contributed by atoms with Crippen LogP contribution < -0.4 is 23.8 Å². The maximum Gasteiger partial charge on any atom is 0.349 e. The Morgan fingerprint density at radius 2 is 1.54 bits per heavy atom. The smallest absolute Gasteiger partial charge is 0.349 e. The van der Waals surface area contributed by atoms with Crippen LogP contribution >= 0.6 is 0 Å². The first kappa shape index (κ1) is 15.2. The molecule has 3 aliphatic rings. The summed E-state index contributed by atoms with van der Waals surface area (Å²) in [6.45, 7) is 0.837. The number of hydrogen-bond donors (Lipinski definition) is 0. The number of amides is 1. The van der Waals surface area contributed by atoms with E-state index < -0.39 is 17.9 Å². The maximum absolute atomic E-state index is 14.4. The highest BCUT2D eigenvalue weighted by Gasteiger charge is 2.64. The maximum atomic E-state index is 14.4. The fraction of sp³-hybridized carbons (Fsp3) is 0.278. The summed E-state index contributed by atoms with van der Waals surface area (Å²) < 4.78 is 50.2. The lowest BCUT2D eigenvalue weighted by Crippen LogP contribution is -2.64. The molecule has 0 aromatic heterocycles. The summed E-state index contributed by atoms with van der Waals surface area (Å²) in [6.07, 6.45) is 0. The summed E-state index contributed by atoms with van der Waals surface area (Å²) in [7, 11) is 0. The third-order valence-electron chi connectivity index (χ3n) is 4.62. The lowest BCUT2D eigenvalue weighted by Gasteiger charge is -2.46. The molecule has 3 aliphatic heterocycles. The number of alkyl halides is 2. The van der Waals surface area contributed by atoms with Crippen molar-refractivity contribution in [3.8, 4) is 23.0 Å². The molecule has 0 N–H and O–H groups in total. The molecule has 8 heteroatoms. The first-order valence-electron chi connectivity index (χ1n) is 8.06. The van der Waals surface area contributed by atoms with E-state index in [9.17, 15) is 13.6 Å². The molecule has 0 saturated carbocycles. The summed E-state index contributed by atoms with van der Waals surface area (Å²) in [5.41, 5.74) is 0.599. The number of rotatable bonds is 2. The normalized spacial score (nSPS) is 22.2. The number of β-lactam (4-membered cyclic amide) rings is 1. The second-order valence-corrected chi connectivity index (χ2v) is 6.14. The number of hydrogen-bond acceptors (Lipinski definition) is 5. The van der Waals surface area contributed by atoms with Gasteiger partial charge in [-0.3, -0.25) is 9.69 Å². The molecule has 1 unspecified atom stereocenters. The molecule has 1 amide bonds. The summed E-state index contributed by atoms with van der Waals surface area (Å²) in [4.78, 5) is 13.2. The Hall–Kier alpha value is -3.03. The number of benzene rings is 2. The van der Waals surface area contributed by atoms with Gasteiger partial charge in [0.15, 0.2) is 23.0 Å². The Labute approximate surface area is 146 Å². The van der Waals surface area contributed by atoms with Gasteiger partial charge in [0.05, 0.1) is 0 Å². The van der Waals surface area contributed by atoms with Crippen LogP contribution in [-0.2, 0) is 4.79 Å². The number of anilines is 1. The predicted molar refractivity (Wildman–Crippen MR) is 85.2 cm³/mol. The molecular formula is C18H13F2NO5. The zero-order chi connectivity index (χ0) is 17.9. The second-order valence-electron chi connectivity index (χ2n) is 6.14. The number of carbonyl (C=O) groups is 1. The molecule has 0 spiro atoms. The van der Waals surface area contributed by atoms with Crippen molar-refractivity contribution in [1.82, 2.24) is 0 Å². The summed E-state index contributed by atoms with van der Waals surface area (Å²) in [6, 6.07) is 7.87. The van der Waals surface area contributed by atoms with E-state index in [0.29, 0.717) is 41.9 Å². The molecule has 1 saturated heterocycles. The minimum Gasteiger partial charge on any atom is -0.486 e. The largest absolute Gasteiger partial charge is 0.486 e. The first-order valence-corrected chi connectivity index (χ1v) is 8.06. The second kappa shape index (κ2) is 5.23. The monoisotopic (exact) mass is 361 g/mol. The van der Waals surface area contributed by atoms with E-state index in [1.165, 1.54) is 12.1 Å². The minimum absolute atomic E-state index is 0.0463. The molecule has 6 nitrogen and oxygen atoms in total. The van der Waals surface area contributed by atoms with Gasteiger partial charge in [-0.25, -0.2) is 0 Å². The van der Waals surface area contributed by atoms with Gasteiger partial charge >= 0.3 is 11.8 Å². The Morgan fingerprint density at radius 3 is 2.38 bits per heavy atom. The van der Waals surface area contributed by atoms with Crippen LogP contribution in [0.25, 0.3) is 0 Å². The minimum atomic E-state index is -3.50. The van der Waals surface area contributed by atoms with Gasteiger partial charge in [-0.2, -0.15) is 8.78 Å². The van der Waals surface area contributed by atoms with Gasteiger partial charge in [0.25, 0.3) is 0 Å². The van der Waals surface area contributed by atoms with Crippen molar-refractivity contribution >= 4 is 11.6 Å². The van der Waals surface area contributed by atoms with Gasteiger partial charge in [0.2, 0.25) is 6.79 Å². The Kier molecular flexibility index (Phi) is 3.07. The van der Waals surface area contributed by atoms with E-state index in [2.05, 4.69) is 0 Å². The van der Waals surface area contributed by atoms with Crippen molar-refractivity contribution < 1.29 is 32.5 Å². The molecule has 0 bridgehead atoms. The van der Waals surface area contributed by atoms with Gasteiger partial charge in [-0.1, -0.05) is 6.07 Å². The molecule has 1 fully saturated rings. The zero-order valence-electron chi connectivity index (χ0n) is 13.4. The van der Waals surface area contributed by atoms with Crippen molar-refractivity contribution in [3.63, 3.8) is 0 Å². The van der Waals surface area contributed by atoms with Crippen molar-refractivity contribution in [1.29, 1.82) is 0 Å². The molecule has 5 rings (SSSR count). The van der Waals surface area contributed by atoms with Crippen molar-refractivity contribution in [2.45, 2.75) is 12.0 Å². The van der Waals surface area contributed by atoms with Crippen LogP contribution in [0.3, 0.4) is 0 Å². The number of carbonyl (C=O) groups excluding carboxylic acids is 1. The van der Waals surface area contributed by atoms with Crippen LogP contribution in [0.5, 0.6) is 23.0 Å². The van der Waals surface area contributed by atoms with Crippen molar-refractivity contribution in [3.05, 3.63) is 42.0 Å². The topological polar surface area (TPSA) is 57.2 Å². The van der Waals surface area contributed by atoms with Crippen LogP contribution in [0.15, 0.2) is 36.4 Å². The molecule has 134 valence electrons. The molecular weight excluding hydrogens is 348 g/mol. The van der Waals surface area contributed by atoms with Gasteiger partial charge in [0.1, 0.15) is 19.3 Å². The van der Waals surface area contributed by atoms with Crippen LogP contribution in [-0.4, -0.2) is 31.8 Å². The van der Waals surface area contributed by atoms with Crippen LogP contribution in [0, 0.1) is 0 Å². The zero-order valence-corrected chi connectivity index (χ0v) is 13.4.